The number of hydrogen-bond donors (Lipinski definition) is 3. The molecule has 0 fully saturated rings. The van der Waals surface area contributed by atoms with Crippen molar-refractivity contribution in [2.75, 3.05) is 5.32 Å². The summed E-state index contributed by atoms with van der Waals surface area (Å²) in [7, 11) is 1.86. The van der Waals surface area contributed by atoms with E-state index in [1.54, 1.807) is 4.68 Å². The summed E-state index contributed by atoms with van der Waals surface area (Å²) in [6.45, 7) is 2.03. The topological polar surface area (TPSA) is 88.5 Å². The third-order valence-corrected chi connectivity index (χ3v) is 2.14. The van der Waals surface area contributed by atoms with E-state index in [4.69, 9.17) is 10.9 Å². The van der Waals surface area contributed by atoms with Crippen LogP contribution in [0.1, 0.15) is 19.8 Å². The summed E-state index contributed by atoms with van der Waals surface area (Å²) in [5.74, 6) is 1.03. The first-order chi connectivity index (χ1) is 7.15. The molecule has 1 unspecified atom stereocenters. The van der Waals surface area contributed by atoms with Crippen molar-refractivity contribution in [3.05, 3.63) is 12.3 Å². The van der Waals surface area contributed by atoms with Gasteiger partial charge in [-0.15, -0.1) is 0 Å². The van der Waals surface area contributed by atoms with E-state index in [9.17, 15) is 0 Å². The summed E-state index contributed by atoms with van der Waals surface area (Å²) in [6.07, 6.45) is 3.24. The van der Waals surface area contributed by atoms with Crippen LogP contribution < -0.4 is 11.1 Å². The zero-order valence-corrected chi connectivity index (χ0v) is 9.01. The summed E-state index contributed by atoms with van der Waals surface area (Å²) in [5, 5.41) is 18.8. The molecule has 0 aliphatic carbocycles. The molecule has 15 heavy (non-hydrogen) atoms. The molecule has 0 saturated heterocycles. The molecule has 1 atom stereocenters. The van der Waals surface area contributed by atoms with E-state index in [1.807, 2.05) is 26.2 Å². The molecule has 0 aliphatic heterocycles. The highest BCUT2D eigenvalue weighted by Crippen LogP contribution is 2.08. The van der Waals surface area contributed by atoms with Crippen LogP contribution in [-0.4, -0.2) is 26.9 Å². The van der Waals surface area contributed by atoms with E-state index in [0.29, 0.717) is 6.42 Å². The number of rotatable bonds is 5. The van der Waals surface area contributed by atoms with Gasteiger partial charge in [0.05, 0.1) is 0 Å². The Labute approximate surface area is 88.8 Å². The Morgan fingerprint density at radius 1 is 1.80 bits per heavy atom. The van der Waals surface area contributed by atoms with Crippen molar-refractivity contribution in [3.8, 4) is 0 Å². The zero-order chi connectivity index (χ0) is 11.3. The fraction of sp³-hybridized carbons (Fsp3) is 0.556. The fourth-order valence-corrected chi connectivity index (χ4v) is 1.29. The first-order valence-electron chi connectivity index (χ1n) is 4.88. The normalized spacial score (nSPS) is 13.9. The van der Waals surface area contributed by atoms with Gasteiger partial charge in [-0.2, -0.15) is 5.10 Å². The highest BCUT2D eigenvalue weighted by atomic mass is 16.4. The Balaban J connectivity index is 2.54. The van der Waals surface area contributed by atoms with Crippen molar-refractivity contribution in [2.45, 2.75) is 25.8 Å². The highest BCUT2D eigenvalue weighted by Gasteiger charge is 2.09. The predicted molar refractivity (Wildman–Crippen MR) is 58.9 cm³/mol. The molecule has 1 heterocycles. The van der Waals surface area contributed by atoms with E-state index < -0.39 is 0 Å². The number of nitrogens with zero attached hydrogens (tertiary/aromatic N) is 3. The quantitative estimate of drug-likeness (QED) is 0.290. The number of nitrogens with two attached hydrogens (primary N) is 1. The van der Waals surface area contributed by atoms with Gasteiger partial charge in [-0.3, -0.25) is 4.68 Å². The lowest BCUT2D eigenvalue weighted by Gasteiger charge is -2.15. The van der Waals surface area contributed by atoms with Crippen LogP contribution in [0.25, 0.3) is 0 Å². The number of anilines is 1. The maximum Gasteiger partial charge on any atom is 0.148 e. The van der Waals surface area contributed by atoms with Crippen LogP contribution in [0.3, 0.4) is 0 Å². The van der Waals surface area contributed by atoms with Gasteiger partial charge in [0, 0.05) is 31.8 Å². The molecule has 84 valence electrons. The summed E-state index contributed by atoms with van der Waals surface area (Å²) in [6, 6.07) is 2.02. The lowest BCUT2D eigenvalue weighted by molar-refractivity contribution is 0.316. The van der Waals surface area contributed by atoms with Crippen LogP contribution in [-0.2, 0) is 7.05 Å². The molecule has 6 nitrogen and oxygen atoms in total. The second-order valence-corrected chi connectivity index (χ2v) is 3.42. The number of hydrogen-bond acceptors (Lipinski definition) is 4. The lowest BCUT2D eigenvalue weighted by atomic mass is 10.1. The molecule has 1 rings (SSSR count). The molecule has 0 radical (unpaired) electrons. The van der Waals surface area contributed by atoms with Crippen molar-refractivity contribution < 1.29 is 5.21 Å². The Morgan fingerprint density at radius 2 is 2.53 bits per heavy atom. The third kappa shape index (κ3) is 3.49. The van der Waals surface area contributed by atoms with E-state index >= 15 is 0 Å². The Kier molecular flexibility index (Phi) is 3.96. The van der Waals surface area contributed by atoms with E-state index in [1.165, 1.54) is 0 Å². The maximum absolute atomic E-state index is 8.46. The standard InChI is InChI=1S/C9H17N5O/c1-3-7(6-8(10)13-15)11-9-4-5-14(2)12-9/h4-5,7,15H,3,6H2,1-2H3,(H2,10,13)(H,11,12). The number of aromatic nitrogens is 2. The summed E-state index contributed by atoms with van der Waals surface area (Å²) in [4.78, 5) is 0. The van der Waals surface area contributed by atoms with Crippen LogP contribution >= 0.6 is 0 Å². The average Bonchev–Trinajstić information content (AvgIpc) is 2.62. The number of amidine groups is 1. The Hall–Kier alpha value is -1.72. The van der Waals surface area contributed by atoms with E-state index in [0.717, 1.165) is 12.2 Å². The summed E-state index contributed by atoms with van der Waals surface area (Å²) in [5.41, 5.74) is 5.44. The van der Waals surface area contributed by atoms with Gasteiger partial charge in [0.1, 0.15) is 11.7 Å². The first kappa shape index (κ1) is 11.4. The van der Waals surface area contributed by atoms with Crippen molar-refractivity contribution in [1.82, 2.24) is 9.78 Å². The van der Waals surface area contributed by atoms with Crippen LogP contribution in [0.4, 0.5) is 5.82 Å². The van der Waals surface area contributed by atoms with Gasteiger partial charge >= 0.3 is 0 Å². The third-order valence-electron chi connectivity index (χ3n) is 2.14. The molecule has 0 aliphatic rings. The van der Waals surface area contributed by atoms with Crippen LogP contribution in [0.5, 0.6) is 0 Å². The first-order valence-corrected chi connectivity index (χ1v) is 4.88. The Morgan fingerprint density at radius 3 is 3.00 bits per heavy atom. The molecule has 0 bridgehead atoms. The van der Waals surface area contributed by atoms with Gasteiger partial charge in [0.25, 0.3) is 0 Å². The van der Waals surface area contributed by atoms with Gasteiger partial charge in [0.15, 0.2) is 0 Å². The molecule has 0 amide bonds. The van der Waals surface area contributed by atoms with Crippen molar-refractivity contribution in [3.63, 3.8) is 0 Å². The summed E-state index contributed by atoms with van der Waals surface area (Å²) >= 11 is 0. The minimum absolute atomic E-state index is 0.135. The molecule has 0 spiro atoms. The van der Waals surface area contributed by atoms with Crippen LogP contribution in [0.2, 0.25) is 0 Å². The molecular formula is C9H17N5O. The number of aryl methyl sites for hydroxylation is 1. The molecule has 4 N–H and O–H groups in total. The molecule has 1 aromatic rings. The number of oxime groups is 1. The van der Waals surface area contributed by atoms with E-state index in [-0.39, 0.29) is 11.9 Å². The minimum atomic E-state index is 0.135. The van der Waals surface area contributed by atoms with Gasteiger partial charge in [0.2, 0.25) is 0 Å². The largest absolute Gasteiger partial charge is 0.409 e. The zero-order valence-electron chi connectivity index (χ0n) is 9.01. The molecule has 1 aromatic heterocycles. The fourth-order valence-electron chi connectivity index (χ4n) is 1.29. The van der Waals surface area contributed by atoms with E-state index in [2.05, 4.69) is 15.6 Å². The number of nitrogens with one attached hydrogen (secondary N) is 1. The molecule has 0 aromatic carbocycles. The SMILES string of the molecule is CCC(CC(N)=NO)Nc1ccn(C)n1. The highest BCUT2D eigenvalue weighted by molar-refractivity contribution is 5.80. The maximum atomic E-state index is 8.46. The molecule has 6 heteroatoms. The van der Waals surface area contributed by atoms with Gasteiger partial charge in [-0.25, -0.2) is 0 Å². The lowest BCUT2D eigenvalue weighted by Crippen LogP contribution is -2.26. The van der Waals surface area contributed by atoms with Gasteiger partial charge in [-0.05, 0) is 6.42 Å². The smallest absolute Gasteiger partial charge is 0.148 e. The van der Waals surface area contributed by atoms with Crippen molar-refractivity contribution in [2.24, 2.45) is 17.9 Å². The monoisotopic (exact) mass is 211 g/mol. The minimum Gasteiger partial charge on any atom is -0.409 e. The second kappa shape index (κ2) is 5.23. The van der Waals surface area contributed by atoms with Gasteiger partial charge < -0.3 is 16.3 Å². The molecule has 0 saturated carbocycles. The molecular weight excluding hydrogens is 194 g/mol. The second-order valence-electron chi connectivity index (χ2n) is 3.42. The average molecular weight is 211 g/mol. The van der Waals surface area contributed by atoms with Crippen LogP contribution in [0.15, 0.2) is 17.4 Å². The Bertz CT molecular complexity index is 333. The van der Waals surface area contributed by atoms with Crippen molar-refractivity contribution >= 4 is 11.7 Å². The van der Waals surface area contributed by atoms with Crippen LogP contribution in [0, 0.1) is 0 Å². The van der Waals surface area contributed by atoms with Crippen molar-refractivity contribution in [1.29, 1.82) is 0 Å². The summed E-state index contributed by atoms with van der Waals surface area (Å²) < 4.78 is 1.72. The predicted octanol–water partition coefficient (Wildman–Crippen LogP) is 0.747. The van der Waals surface area contributed by atoms with Gasteiger partial charge in [-0.1, -0.05) is 12.1 Å².